The largest absolute Gasteiger partial charge is 0.506 e. The highest BCUT2D eigenvalue weighted by molar-refractivity contribution is 9.11. The van der Waals surface area contributed by atoms with Crippen LogP contribution < -0.4 is 5.43 Å². The molecule has 0 saturated heterocycles. The number of halogens is 3. The lowest BCUT2D eigenvalue weighted by Gasteiger charge is -2.11. The van der Waals surface area contributed by atoms with Gasteiger partial charge in [-0.05, 0) is 72.2 Å². The molecule has 8 heteroatoms. The van der Waals surface area contributed by atoms with Crippen LogP contribution in [0.2, 0.25) is 5.02 Å². The fraction of sp³-hybridized carbons (Fsp3) is 0.100. The van der Waals surface area contributed by atoms with E-state index in [1.807, 2.05) is 32.0 Å². The van der Waals surface area contributed by atoms with Crippen LogP contribution in [0.5, 0.6) is 5.75 Å². The molecule has 0 spiro atoms. The minimum absolute atomic E-state index is 0.0287. The molecule has 3 aromatic rings. The van der Waals surface area contributed by atoms with Gasteiger partial charge in [0.05, 0.1) is 21.3 Å². The summed E-state index contributed by atoms with van der Waals surface area (Å²) in [6, 6.07) is 12.7. The number of hydrogen-bond donors (Lipinski definition) is 2. The molecule has 0 unspecified atom stereocenters. The van der Waals surface area contributed by atoms with Crippen LogP contribution in [0.25, 0.3) is 5.69 Å². The SMILES string of the molecule is Cc1ccc(C)n1-c1ccc(C(=O)N/N=C\c2cc(Br)cc(Br)c2O)c(Cl)c1. The van der Waals surface area contributed by atoms with Crippen molar-refractivity contribution in [3.05, 3.63) is 78.9 Å². The number of aryl methyl sites for hydroxylation is 2. The fourth-order valence-corrected chi connectivity index (χ4v) is 4.33. The van der Waals surface area contributed by atoms with E-state index in [0.717, 1.165) is 21.5 Å². The van der Waals surface area contributed by atoms with E-state index in [1.54, 1.807) is 24.3 Å². The van der Waals surface area contributed by atoms with E-state index >= 15 is 0 Å². The summed E-state index contributed by atoms with van der Waals surface area (Å²) in [5, 5.41) is 14.3. The van der Waals surface area contributed by atoms with Gasteiger partial charge in [-0.25, -0.2) is 5.43 Å². The number of aromatic hydroxyl groups is 1. The molecule has 1 heterocycles. The second-order valence-electron chi connectivity index (χ2n) is 6.14. The Balaban J connectivity index is 1.78. The molecule has 144 valence electrons. The maximum atomic E-state index is 12.4. The second kappa shape index (κ2) is 8.51. The molecule has 0 fully saturated rings. The first-order valence-corrected chi connectivity index (χ1v) is 10.2. The summed E-state index contributed by atoms with van der Waals surface area (Å²) in [7, 11) is 0. The van der Waals surface area contributed by atoms with Crippen LogP contribution in [0.3, 0.4) is 0 Å². The van der Waals surface area contributed by atoms with Crippen molar-refractivity contribution in [3.8, 4) is 11.4 Å². The van der Waals surface area contributed by atoms with Gasteiger partial charge in [0.2, 0.25) is 0 Å². The first-order chi connectivity index (χ1) is 13.3. The van der Waals surface area contributed by atoms with E-state index < -0.39 is 5.91 Å². The molecule has 3 rings (SSSR count). The van der Waals surface area contributed by atoms with Crippen LogP contribution in [0, 0.1) is 13.8 Å². The van der Waals surface area contributed by atoms with Gasteiger partial charge in [-0.1, -0.05) is 27.5 Å². The summed E-state index contributed by atoms with van der Waals surface area (Å²) >= 11 is 12.9. The Bertz CT molecular complexity index is 1070. The van der Waals surface area contributed by atoms with Crippen LogP contribution in [-0.2, 0) is 0 Å². The molecule has 2 aromatic carbocycles. The molecule has 0 radical (unpaired) electrons. The zero-order valence-electron chi connectivity index (χ0n) is 15.0. The van der Waals surface area contributed by atoms with Crippen LogP contribution in [0.1, 0.15) is 27.3 Å². The Hall–Kier alpha value is -2.09. The molecule has 0 aliphatic carbocycles. The Morgan fingerprint density at radius 1 is 1.14 bits per heavy atom. The van der Waals surface area contributed by atoms with Crippen molar-refractivity contribution in [1.82, 2.24) is 9.99 Å². The molecule has 1 aromatic heterocycles. The minimum Gasteiger partial charge on any atom is -0.506 e. The van der Waals surface area contributed by atoms with Gasteiger partial charge >= 0.3 is 0 Å². The summed E-state index contributed by atoms with van der Waals surface area (Å²) < 4.78 is 3.34. The van der Waals surface area contributed by atoms with Crippen molar-refractivity contribution < 1.29 is 9.90 Å². The predicted molar refractivity (Wildman–Crippen MR) is 119 cm³/mol. The maximum Gasteiger partial charge on any atom is 0.272 e. The number of rotatable bonds is 4. The van der Waals surface area contributed by atoms with E-state index in [1.165, 1.54) is 6.21 Å². The normalized spacial score (nSPS) is 11.2. The van der Waals surface area contributed by atoms with Crippen molar-refractivity contribution in [3.63, 3.8) is 0 Å². The number of amides is 1. The van der Waals surface area contributed by atoms with E-state index in [9.17, 15) is 9.90 Å². The smallest absolute Gasteiger partial charge is 0.272 e. The average molecular weight is 526 g/mol. The predicted octanol–water partition coefficient (Wildman–Crippen LogP) is 5.74. The summed E-state index contributed by atoms with van der Waals surface area (Å²) in [6.07, 6.45) is 1.36. The lowest BCUT2D eigenvalue weighted by atomic mass is 10.2. The van der Waals surface area contributed by atoms with Crippen LogP contribution in [0.4, 0.5) is 0 Å². The van der Waals surface area contributed by atoms with Gasteiger partial charge in [0.15, 0.2) is 0 Å². The lowest BCUT2D eigenvalue weighted by molar-refractivity contribution is 0.0955. The molecule has 0 aliphatic heterocycles. The first kappa shape index (κ1) is 20.6. The Kier molecular flexibility index (Phi) is 6.27. The topological polar surface area (TPSA) is 66.6 Å². The summed E-state index contributed by atoms with van der Waals surface area (Å²) in [5.74, 6) is -0.414. The average Bonchev–Trinajstić information content (AvgIpc) is 2.97. The van der Waals surface area contributed by atoms with Gasteiger partial charge in [-0.15, -0.1) is 0 Å². The van der Waals surface area contributed by atoms with E-state index in [2.05, 4.69) is 47.0 Å². The molecule has 28 heavy (non-hydrogen) atoms. The van der Waals surface area contributed by atoms with Crippen molar-refractivity contribution in [2.24, 2.45) is 5.10 Å². The van der Waals surface area contributed by atoms with Crippen LogP contribution in [0.15, 0.2) is 56.5 Å². The number of nitrogens with zero attached hydrogens (tertiary/aromatic N) is 2. The van der Waals surface area contributed by atoms with E-state index in [-0.39, 0.29) is 5.75 Å². The highest BCUT2D eigenvalue weighted by Gasteiger charge is 2.13. The molecule has 1 amide bonds. The second-order valence-corrected chi connectivity index (χ2v) is 8.32. The molecule has 0 bridgehead atoms. The molecule has 0 atom stereocenters. The number of carbonyl (C=O) groups excluding carboxylic acids is 1. The van der Waals surface area contributed by atoms with Crippen molar-refractivity contribution >= 4 is 55.6 Å². The summed E-state index contributed by atoms with van der Waals surface area (Å²) in [4.78, 5) is 12.4. The lowest BCUT2D eigenvalue weighted by Crippen LogP contribution is -2.18. The van der Waals surface area contributed by atoms with Gasteiger partial charge in [-0.2, -0.15) is 5.10 Å². The van der Waals surface area contributed by atoms with Crippen LogP contribution in [-0.4, -0.2) is 21.8 Å². The first-order valence-electron chi connectivity index (χ1n) is 8.24. The number of benzene rings is 2. The van der Waals surface area contributed by atoms with Crippen LogP contribution >= 0.6 is 43.5 Å². The zero-order valence-corrected chi connectivity index (χ0v) is 18.9. The van der Waals surface area contributed by atoms with Gasteiger partial charge in [0.1, 0.15) is 5.75 Å². The Morgan fingerprint density at radius 2 is 1.82 bits per heavy atom. The quantitative estimate of drug-likeness (QED) is 0.337. The number of hydrogen-bond acceptors (Lipinski definition) is 3. The van der Waals surface area contributed by atoms with Crippen molar-refractivity contribution in [2.75, 3.05) is 0 Å². The van der Waals surface area contributed by atoms with Gasteiger partial charge in [-0.3, -0.25) is 4.79 Å². The standard InChI is InChI=1S/C20H16Br2ClN3O2/c1-11-3-4-12(2)26(11)15-5-6-16(18(23)9-15)20(28)25-24-10-13-7-14(21)8-17(22)19(13)27/h3-10,27H,1-2H3,(H,25,28)/b24-10-. The highest BCUT2D eigenvalue weighted by Crippen LogP contribution is 2.30. The van der Waals surface area contributed by atoms with Gasteiger partial charge in [0.25, 0.3) is 5.91 Å². The molecule has 5 nitrogen and oxygen atoms in total. The fourth-order valence-electron chi connectivity index (χ4n) is 2.81. The summed E-state index contributed by atoms with van der Waals surface area (Å²) in [6.45, 7) is 4.01. The number of phenolic OH excluding ortho intramolecular Hbond substituents is 1. The van der Waals surface area contributed by atoms with Gasteiger partial charge < -0.3 is 9.67 Å². The highest BCUT2D eigenvalue weighted by atomic mass is 79.9. The zero-order chi connectivity index (χ0) is 20.4. The maximum absolute atomic E-state index is 12.4. The molecule has 0 saturated carbocycles. The van der Waals surface area contributed by atoms with Crippen molar-refractivity contribution in [1.29, 1.82) is 0 Å². The molecule has 0 aliphatic rings. The molecular weight excluding hydrogens is 510 g/mol. The molecule has 2 N–H and O–H groups in total. The number of carbonyl (C=O) groups is 1. The third kappa shape index (κ3) is 4.32. The van der Waals surface area contributed by atoms with E-state index in [4.69, 9.17) is 11.6 Å². The Morgan fingerprint density at radius 3 is 2.46 bits per heavy atom. The number of aromatic nitrogens is 1. The Labute approximate surface area is 184 Å². The monoisotopic (exact) mass is 523 g/mol. The van der Waals surface area contributed by atoms with Crippen molar-refractivity contribution in [2.45, 2.75) is 13.8 Å². The minimum atomic E-state index is -0.442. The summed E-state index contributed by atoms with van der Waals surface area (Å²) in [5.41, 5.74) is 6.23. The number of hydrazone groups is 1. The molecular formula is C20H16Br2ClN3O2. The number of phenols is 1. The van der Waals surface area contributed by atoms with E-state index in [0.29, 0.717) is 20.6 Å². The third-order valence-electron chi connectivity index (χ3n) is 4.15. The van der Waals surface area contributed by atoms with Gasteiger partial charge in [0, 0.05) is 27.1 Å². The third-order valence-corrected chi connectivity index (χ3v) is 5.53. The number of nitrogens with one attached hydrogen (secondary N) is 1.